The number of imide groups is 1. The number of amides is 3. The Morgan fingerprint density at radius 3 is 2.65 bits per heavy atom. The molecule has 5 rings (SSSR count). The Morgan fingerprint density at radius 1 is 1.14 bits per heavy atom. The van der Waals surface area contributed by atoms with Crippen molar-refractivity contribution in [3.8, 4) is 5.88 Å². The van der Waals surface area contributed by atoms with Crippen LogP contribution < -0.4 is 15.0 Å². The molecule has 37 heavy (non-hydrogen) atoms. The number of alkyl halides is 3. The standard InChI is InChI=1S/C23H24F3N7O4/c24-23(25,26)13-7-17(11-27-9-13)32-12-19(35)33(22(32)36)16-3-1-14(2-4-16)29-15-8-18-20(28-10-15)30-31-21(18)37-6-5-34/h7-11,14,16,29,34H,1-6,12H2,(H,28,30,31). The van der Waals surface area contributed by atoms with Crippen molar-refractivity contribution in [2.45, 2.75) is 43.9 Å². The maximum Gasteiger partial charge on any atom is 0.417 e. The summed E-state index contributed by atoms with van der Waals surface area (Å²) in [5.41, 5.74) is 0.262. The summed E-state index contributed by atoms with van der Waals surface area (Å²) in [7, 11) is 0. The quantitative estimate of drug-likeness (QED) is 0.406. The highest BCUT2D eigenvalue weighted by molar-refractivity contribution is 6.12. The molecule has 3 N–H and O–H groups in total. The Hall–Kier alpha value is -3.94. The first kappa shape index (κ1) is 24.7. The van der Waals surface area contributed by atoms with Crippen molar-refractivity contribution in [3.63, 3.8) is 0 Å². The van der Waals surface area contributed by atoms with E-state index in [0.29, 0.717) is 48.8 Å². The van der Waals surface area contributed by atoms with Crippen LogP contribution in [0, 0.1) is 0 Å². The van der Waals surface area contributed by atoms with Crippen LogP contribution in [-0.4, -0.2) is 74.0 Å². The molecule has 0 radical (unpaired) electrons. The number of pyridine rings is 2. The average Bonchev–Trinajstić information content (AvgIpc) is 3.42. The molecule has 0 atom stereocenters. The fraction of sp³-hybridized carbons (Fsp3) is 0.435. The molecule has 0 aromatic carbocycles. The number of aliphatic hydroxyl groups excluding tert-OH is 1. The largest absolute Gasteiger partial charge is 0.474 e. The van der Waals surface area contributed by atoms with Gasteiger partial charge in [0.2, 0.25) is 5.88 Å². The van der Waals surface area contributed by atoms with Crippen LogP contribution in [0.3, 0.4) is 0 Å². The molecule has 0 spiro atoms. The molecule has 14 heteroatoms. The zero-order chi connectivity index (χ0) is 26.2. The van der Waals surface area contributed by atoms with Gasteiger partial charge in [-0.2, -0.15) is 13.2 Å². The molecule has 3 aromatic rings. The number of H-pyrrole nitrogens is 1. The van der Waals surface area contributed by atoms with Gasteiger partial charge in [0.25, 0.3) is 5.91 Å². The number of carbonyl (C=O) groups is 2. The van der Waals surface area contributed by atoms with Crippen molar-refractivity contribution in [1.29, 1.82) is 0 Å². The van der Waals surface area contributed by atoms with Gasteiger partial charge in [0.05, 0.1) is 41.3 Å². The highest BCUT2D eigenvalue weighted by Crippen LogP contribution is 2.34. The number of nitrogens with one attached hydrogen (secondary N) is 2. The number of aliphatic hydroxyl groups is 1. The lowest BCUT2D eigenvalue weighted by Crippen LogP contribution is -2.44. The Bertz CT molecular complexity index is 1310. The van der Waals surface area contributed by atoms with Gasteiger partial charge in [0, 0.05) is 18.3 Å². The Morgan fingerprint density at radius 2 is 1.92 bits per heavy atom. The normalized spacial score (nSPS) is 20.6. The Kier molecular flexibility index (Phi) is 6.58. The summed E-state index contributed by atoms with van der Waals surface area (Å²) in [5, 5.41) is 19.9. The molecule has 3 amide bonds. The molecule has 0 unspecified atom stereocenters. The van der Waals surface area contributed by atoms with E-state index in [-0.39, 0.29) is 37.5 Å². The van der Waals surface area contributed by atoms with Gasteiger partial charge in [-0.05, 0) is 37.8 Å². The Balaban J connectivity index is 1.22. The van der Waals surface area contributed by atoms with Crippen molar-refractivity contribution in [3.05, 3.63) is 36.3 Å². The third-order valence-corrected chi connectivity index (χ3v) is 6.51. The lowest BCUT2D eigenvalue weighted by Gasteiger charge is -2.34. The molecule has 11 nitrogen and oxygen atoms in total. The molecule has 0 bridgehead atoms. The topological polar surface area (TPSA) is 137 Å². The van der Waals surface area contributed by atoms with Gasteiger partial charge in [-0.3, -0.25) is 24.7 Å². The van der Waals surface area contributed by atoms with E-state index in [9.17, 15) is 22.8 Å². The third-order valence-electron chi connectivity index (χ3n) is 6.51. The van der Waals surface area contributed by atoms with Gasteiger partial charge in [0.1, 0.15) is 13.2 Å². The van der Waals surface area contributed by atoms with E-state index in [1.54, 1.807) is 6.20 Å². The van der Waals surface area contributed by atoms with Gasteiger partial charge in [-0.15, -0.1) is 5.10 Å². The Labute approximate surface area is 208 Å². The van der Waals surface area contributed by atoms with Crippen LogP contribution in [0.25, 0.3) is 11.0 Å². The summed E-state index contributed by atoms with van der Waals surface area (Å²) < 4.78 is 44.6. The maximum atomic E-state index is 13.1. The zero-order valence-electron chi connectivity index (χ0n) is 19.5. The van der Waals surface area contributed by atoms with E-state index >= 15 is 0 Å². The molecule has 4 heterocycles. The minimum atomic E-state index is -4.60. The smallest absolute Gasteiger partial charge is 0.417 e. The van der Waals surface area contributed by atoms with Crippen molar-refractivity contribution in [1.82, 2.24) is 25.1 Å². The van der Waals surface area contributed by atoms with Gasteiger partial charge in [0.15, 0.2) is 5.65 Å². The van der Waals surface area contributed by atoms with Crippen LogP contribution in [0.4, 0.5) is 29.3 Å². The van der Waals surface area contributed by atoms with E-state index in [1.807, 2.05) is 6.07 Å². The molecule has 1 aliphatic carbocycles. The van der Waals surface area contributed by atoms with E-state index in [1.165, 1.54) is 4.90 Å². The summed E-state index contributed by atoms with van der Waals surface area (Å²) in [5.74, 6) is -0.0978. The molecular weight excluding hydrogens is 495 g/mol. The van der Waals surface area contributed by atoms with Crippen LogP contribution >= 0.6 is 0 Å². The minimum Gasteiger partial charge on any atom is -0.474 e. The van der Waals surface area contributed by atoms with Gasteiger partial charge < -0.3 is 15.2 Å². The number of aromatic nitrogens is 4. The third kappa shape index (κ3) is 5.01. The molecule has 2 fully saturated rings. The molecule has 196 valence electrons. The minimum absolute atomic E-state index is 0.0597. The van der Waals surface area contributed by atoms with E-state index in [0.717, 1.165) is 22.9 Å². The van der Waals surface area contributed by atoms with E-state index in [2.05, 4.69) is 25.5 Å². The molecule has 2 aliphatic rings. The molecule has 1 aliphatic heterocycles. The summed E-state index contributed by atoms with van der Waals surface area (Å²) in [6.45, 7) is -0.353. The first-order valence-corrected chi connectivity index (χ1v) is 11.7. The van der Waals surface area contributed by atoms with Gasteiger partial charge in [-0.25, -0.2) is 9.78 Å². The van der Waals surface area contributed by atoms with Crippen molar-refractivity contribution in [2.75, 3.05) is 30.0 Å². The molecule has 1 saturated heterocycles. The SMILES string of the molecule is O=C1CN(c2cncc(C(F)(F)F)c2)C(=O)N1C1CCC(Nc2cnc3[nH]nc(OCCO)c3c2)CC1. The van der Waals surface area contributed by atoms with Gasteiger partial charge >= 0.3 is 12.2 Å². The summed E-state index contributed by atoms with van der Waals surface area (Å²) in [6.07, 6.45) is 1.33. The number of urea groups is 1. The van der Waals surface area contributed by atoms with Gasteiger partial charge in [-0.1, -0.05) is 0 Å². The van der Waals surface area contributed by atoms with Crippen LogP contribution in [-0.2, 0) is 11.0 Å². The first-order valence-electron chi connectivity index (χ1n) is 11.7. The van der Waals surface area contributed by atoms with Crippen LogP contribution in [0.2, 0.25) is 0 Å². The number of nitrogens with zero attached hydrogens (tertiary/aromatic N) is 5. The van der Waals surface area contributed by atoms with E-state index < -0.39 is 23.7 Å². The number of rotatable bonds is 7. The van der Waals surface area contributed by atoms with E-state index in [4.69, 9.17) is 9.84 Å². The predicted octanol–water partition coefficient (Wildman–Crippen LogP) is 2.93. The highest BCUT2D eigenvalue weighted by atomic mass is 19.4. The maximum absolute atomic E-state index is 13.1. The zero-order valence-corrected chi connectivity index (χ0v) is 19.5. The van der Waals surface area contributed by atoms with Crippen LogP contribution in [0.1, 0.15) is 31.2 Å². The molecule has 3 aromatic heterocycles. The number of aromatic amines is 1. The first-order chi connectivity index (χ1) is 17.7. The second-order valence-corrected chi connectivity index (χ2v) is 8.93. The lowest BCUT2D eigenvalue weighted by atomic mass is 9.90. The van der Waals surface area contributed by atoms with Crippen molar-refractivity contribution < 1.29 is 32.6 Å². The monoisotopic (exact) mass is 519 g/mol. The lowest BCUT2D eigenvalue weighted by molar-refractivity contribution is -0.137. The van der Waals surface area contributed by atoms with Crippen molar-refractivity contribution >= 4 is 34.3 Å². The highest BCUT2D eigenvalue weighted by Gasteiger charge is 2.43. The van der Waals surface area contributed by atoms with Crippen molar-refractivity contribution in [2.24, 2.45) is 0 Å². The predicted molar refractivity (Wildman–Crippen MR) is 125 cm³/mol. The number of ether oxygens (including phenoxy) is 1. The average molecular weight is 519 g/mol. The van der Waals surface area contributed by atoms with Crippen LogP contribution in [0.15, 0.2) is 30.7 Å². The van der Waals surface area contributed by atoms with Crippen LogP contribution in [0.5, 0.6) is 5.88 Å². The summed E-state index contributed by atoms with van der Waals surface area (Å²) >= 11 is 0. The second-order valence-electron chi connectivity index (χ2n) is 8.93. The summed E-state index contributed by atoms with van der Waals surface area (Å²) in [6, 6.07) is 1.77. The summed E-state index contributed by atoms with van der Waals surface area (Å²) in [4.78, 5) is 35.8. The number of carbonyl (C=O) groups excluding carboxylic acids is 2. The number of hydrogen-bond donors (Lipinski definition) is 3. The second kappa shape index (κ2) is 9.84. The molecular formula is C23H24F3N7O4. The fourth-order valence-electron chi connectivity index (χ4n) is 4.73. The number of fused-ring (bicyclic) bond motifs is 1. The molecule has 1 saturated carbocycles. The number of hydrogen-bond acceptors (Lipinski definition) is 8. The fourth-order valence-corrected chi connectivity index (χ4v) is 4.73. The number of halogens is 3. The number of anilines is 2.